The maximum absolute atomic E-state index is 5.19. The van der Waals surface area contributed by atoms with Gasteiger partial charge in [0.1, 0.15) is 0 Å². The summed E-state index contributed by atoms with van der Waals surface area (Å²) in [6.07, 6.45) is 0. The molecule has 0 saturated heterocycles. The molecule has 9 rings (SSSR count). The molecule has 3 aromatic heterocycles. The molecule has 0 aliphatic carbocycles. The zero-order chi connectivity index (χ0) is 29.9. The fourth-order valence-electron chi connectivity index (χ4n) is 6.46. The molecule has 0 aliphatic heterocycles. The van der Waals surface area contributed by atoms with Crippen molar-refractivity contribution < 1.29 is 0 Å². The molecule has 5 nitrogen and oxygen atoms in total. The van der Waals surface area contributed by atoms with E-state index < -0.39 is 0 Å². The van der Waals surface area contributed by atoms with E-state index in [4.69, 9.17) is 15.0 Å². The van der Waals surface area contributed by atoms with Crippen molar-refractivity contribution >= 4 is 66.2 Å². The van der Waals surface area contributed by atoms with Crippen LogP contribution in [0.1, 0.15) is 0 Å². The molecule has 0 N–H and O–H groups in total. The summed E-state index contributed by atoms with van der Waals surface area (Å²) in [5.74, 6) is 1.86. The third kappa shape index (κ3) is 4.17. The lowest BCUT2D eigenvalue weighted by atomic mass is 10.1. The van der Waals surface area contributed by atoms with Crippen LogP contribution < -0.4 is 0 Å². The highest BCUT2D eigenvalue weighted by atomic mass is 127. The topological polar surface area (TPSA) is 48.5 Å². The Bertz CT molecular complexity index is 2530. The van der Waals surface area contributed by atoms with Crippen LogP contribution in [0, 0.1) is 3.57 Å². The summed E-state index contributed by atoms with van der Waals surface area (Å²) in [5, 5.41) is 4.68. The normalized spacial score (nSPS) is 11.7. The van der Waals surface area contributed by atoms with Gasteiger partial charge in [-0.3, -0.25) is 4.57 Å². The van der Waals surface area contributed by atoms with Gasteiger partial charge in [0.25, 0.3) is 0 Å². The smallest absolute Gasteiger partial charge is 0.238 e. The second-order valence-electron chi connectivity index (χ2n) is 11.1. The highest BCUT2D eigenvalue weighted by molar-refractivity contribution is 14.1. The zero-order valence-electron chi connectivity index (χ0n) is 24.0. The molecule has 45 heavy (non-hydrogen) atoms. The number of benzene rings is 6. The van der Waals surface area contributed by atoms with Crippen LogP contribution in [0.15, 0.2) is 146 Å². The number of hydrogen-bond acceptors (Lipinski definition) is 3. The van der Waals surface area contributed by atoms with E-state index in [2.05, 4.69) is 147 Å². The van der Waals surface area contributed by atoms with Gasteiger partial charge < -0.3 is 4.57 Å². The molecule has 212 valence electrons. The average Bonchev–Trinajstić information content (AvgIpc) is 3.62. The van der Waals surface area contributed by atoms with Crippen LogP contribution in [-0.4, -0.2) is 24.1 Å². The minimum absolute atomic E-state index is 0.584. The summed E-state index contributed by atoms with van der Waals surface area (Å²) in [6, 6.07) is 50.7. The minimum Gasteiger partial charge on any atom is -0.307 e. The number of para-hydroxylation sites is 3. The molecule has 0 bridgehead atoms. The van der Waals surface area contributed by atoms with E-state index in [9.17, 15) is 0 Å². The summed E-state index contributed by atoms with van der Waals surface area (Å²) in [7, 11) is 0. The Morgan fingerprint density at radius 3 is 1.51 bits per heavy atom. The standard InChI is InChI=1S/C39H24IN5/c40-27-21-19-26(20-22-27)38-41-37(25-11-3-1-4-12-25)42-39(43-38)45-34-18-10-8-16-30(34)32-24-23-31-29-15-7-9-17-33(29)44(35(31)36(32)45)28-13-5-2-6-14-28/h1-24H. The van der Waals surface area contributed by atoms with Gasteiger partial charge in [-0.2, -0.15) is 9.97 Å². The van der Waals surface area contributed by atoms with Gasteiger partial charge in [-0.25, -0.2) is 4.98 Å². The van der Waals surface area contributed by atoms with Crippen molar-refractivity contribution in [2.75, 3.05) is 0 Å². The first-order valence-corrected chi connectivity index (χ1v) is 15.9. The second-order valence-corrected chi connectivity index (χ2v) is 12.3. The van der Waals surface area contributed by atoms with Gasteiger partial charge in [0.05, 0.1) is 22.1 Å². The molecule has 0 radical (unpaired) electrons. The van der Waals surface area contributed by atoms with Gasteiger partial charge >= 0.3 is 0 Å². The molecule has 0 aliphatic rings. The SMILES string of the molecule is Ic1ccc(-c2nc(-c3ccccc3)nc(-n3c4ccccc4c4ccc5c6ccccc6n(-c6ccccc6)c5c43)n2)cc1. The van der Waals surface area contributed by atoms with Crippen LogP contribution in [0.2, 0.25) is 0 Å². The summed E-state index contributed by atoms with van der Waals surface area (Å²) in [6.45, 7) is 0. The highest BCUT2D eigenvalue weighted by Gasteiger charge is 2.23. The third-order valence-corrected chi connectivity index (χ3v) is 9.16. The zero-order valence-corrected chi connectivity index (χ0v) is 26.1. The molecule has 6 heteroatoms. The molecule has 0 unspecified atom stereocenters. The molecular weight excluding hydrogens is 665 g/mol. The molecule has 3 heterocycles. The van der Waals surface area contributed by atoms with Crippen LogP contribution in [0.25, 0.3) is 78.0 Å². The van der Waals surface area contributed by atoms with E-state index in [0.717, 1.165) is 53.2 Å². The predicted octanol–water partition coefficient (Wildman–Crippen LogP) is 10.0. The first-order chi connectivity index (χ1) is 22.2. The molecule has 6 aromatic carbocycles. The Morgan fingerprint density at radius 2 is 0.889 bits per heavy atom. The largest absolute Gasteiger partial charge is 0.307 e. The van der Waals surface area contributed by atoms with E-state index in [0.29, 0.717) is 17.6 Å². The van der Waals surface area contributed by atoms with E-state index in [1.54, 1.807) is 0 Å². The molecule has 0 amide bonds. The summed E-state index contributed by atoms with van der Waals surface area (Å²) >= 11 is 2.33. The van der Waals surface area contributed by atoms with Gasteiger partial charge in [-0.05, 0) is 59.0 Å². The lowest BCUT2D eigenvalue weighted by Crippen LogP contribution is -2.07. The minimum atomic E-state index is 0.584. The number of halogens is 1. The number of rotatable bonds is 4. The predicted molar refractivity (Wildman–Crippen MR) is 192 cm³/mol. The quantitative estimate of drug-likeness (QED) is 0.173. The number of aromatic nitrogens is 5. The first-order valence-electron chi connectivity index (χ1n) is 14.8. The molecule has 0 fully saturated rings. The van der Waals surface area contributed by atoms with Crippen molar-refractivity contribution in [2.24, 2.45) is 0 Å². The van der Waals surface area contributed by atoms with Crippen molar-refractivity contribution in [3.05, 3.63) is 149 Å². The van der Waals surface area contributed by atoms with Gasteiger partial charge in [0.15, 0.2) is 11.6 Å². The summed E-state index contributed by atoms with van der Waals surface area (Å²) in [4.78, 5) is 15.4. The van der Waals surface area contributed by atoms with Gasteiger partial charge in [0, 0.05) is 41.9 Å². The molecule has 0 spiro atoms. The van der Waals surface area contributed by atoms with Crippen LogP contribution >= 0.6 is 22.6 Å². The fraction of sp³-hybridized carbons (Fsp3) is 0. The molecular formula is C39H24IN5. The van der Waals surface area contributed by atoms with E-state index in [-0.39, 0.29) is 0 Å². The van der Waals surface area contributed by atoms with Gasteiger partial charge in [-0.1, -0.05) is 109 Å². The van der Waals surface area contributed by atoms with Crippen LogP contribution in [0.5, 0.6) is 0 Å². The van der Waals surface area contributed by atoms with Gasteiger partial charge in [0.2, 0.25) is 5.95 Å². The maximum atomic E-state index is 5.19. The first kappa shape index (κ1) is 26.1. The number of nitrogens with zero attached hydrogens (tertiary/aromatic N) is 5. The Morgan fingerprint density at radius 1 is 0.400 bits per heavy atom. The van der Waals surface area contributed by atoms with Crippen LogP contribution in [-0.2, 0) is 0 Å². The highest BCUT2D eigenvalue weighted by Crippen LogP contribution is 2.41. The molecule has 0 saturated carbocycles. The lowest BCUT2D eigenvalue weighted by molar-refractivity contribution is 0.953. The van der Waals surface area contributed by atoms with Crippen molar-refractivity contribution in [3.63, 3.8) is 0 Å². The summed E-state index contributed by atoms with van der Waals surface area (Å²) < 4.78 is 5.77. The second kappa shape index (κ2) is 10.4. The van der Waals surface area contributed by atoms with Crippen LogP contribution in [0.3, 0.4) is 0 Å². The lowest BCUT2D eigenvalue weighted by Gasteiger charge is -2.13. The van der Waals surface area contributed by atoms with Crippen molar-refractivity contribution in [2.45, 2.75) is 0 Å². The van der Waals surface area contributed by atoms with E-state index in [1.165, 1.54) is 10.8 Å². The maximum Gasteiger partial charge on any atom is 0.238 e. The monoisotopic (exact) mass is 689 g/mol. The van der Waals surface area contributed by atoms with Crippen molar-refractivity contribution in [1.82, 2.24) is 24.1 Å². The van der Waals surface area contributed by atoms with E-state index in [1.807, 2.05) is 30.3 Å². The Kier molecular flexibility index (Phi) is 6.02. The Labute approximate surface area is 272 Å². The summed E-state index contributed by atoms with van der Waals surface area (Å²) in [5.41, 5.74) is 7.37. The van der Waals surface area contributed by atoms with Crippen molar-refractivity contribution in [1.29, 1.82) is 0 Å². The molecule has 0 atom stereocenters. The van der Waals surface area contributed by atoms with Crippen molar-refractivity contribution in [3.8, 4) is 34.4 Å². The Balaban J connectivity index is 1.47. The third-order valence-electron chi connectivity index (χ3n) is 8.44. The fourth-order valence-corrected chi connectivity index (χ4v) is 6.82. The number of hydrogen-bond donors (Lipinski definition) is 0. The van der Waals surface area contributed by atoms with Gasteiger partial charge in [-0.15, -0.1) is 0 Å². The molecule has 9 aromatic rings. The van der Waals surface area contributed by atoms with E-state index >= 15 is 0 Å². The average molecular weight is 690 g/mol. The number of fused-ring (bicyclic) bond motifs is 7. The Hall–Kier alpha value is -5.34. The van der Waals surface area contributed by atoms with Crippen LogP contribution in [0.4, 0.5) is 0 Å².